The number of carboxylic acids is 1. The van der Waals surface area contributed by atoms with Gasteiger partial charge in [-0.25, -0.2) is 9.13 Å². The summed E-state index contributed by atoms with van der Waals surface area (Å²) in [6.45, 7) is 8.43. The molecule has 0 unspecified atom stereocenters. The van der Waals surface area contributed by atoms with Crippen LogP contribution in [-0.2, 0) is 17.9 Å². The highest BCUT2D eigenvalue weighted by atomic mass is 16.4. The summed E-state index contributed by atoms with van der Waals surface area (Å²) < 4.78 is 4.66. The fourth-order valence-corrected chi connectivity index (χ4v) is 2.15. The number of carboxylic acid groups (broad SMARTS) is 1. The van der Waals surface area contributed by atoms with Crippen LogP contribution in [0.4, 0.5) is 0 Å². The minimum atomic E-state index is -0.995. The van der Waals surface area contributed by atoms with Crippen LogP contribution in [0.2, 0.25) is 0 Å². The average molecular weight is 310 g/mol. The van der Waals surface area contributed by atoms with Crippen molar-refractivity contribution in [3.8, 4) is 0 Å². The second kappa shape index (κ2) is 14.6. The Morgan fingerprint density at radius 3 is 2.14 bits per heavy atom. The van der Waals surface area contributed by atoms with E-state index in [0.29, 0.717) is 0 Å². The molecule has 1 aromatic heterocycles. The largest absolute Gasteiger partial charge is 0.550 e. The summed E-state index contributed by atoms with van der Waals surface area (Å²) in [6, 6.07) is 0. The summed E-state index contributed by atoms with van der Waals surface area (Å²) in [4.78, 5) is 9.26. The van der Waals surface area contributed by atoms with E-state index < -0.39 is 5.97 Å². The second-order valence-electron chi connectivity index (χ2n) is 5.74. The van der Waals surface area contributed by atoms with Gasteiger partial charge in [0.2, 0.25) is 6.33 Å². The lowest BCUT2D eigenvalue weighted by Crippen LogP contribution is -2.30. The number of imidazole rings is 1. The maximum atomic E-state index is 9.26. The summed E-state index contributed by atoms with van der Waals surface area (Å²) in [5.74, 6) is -0.995. The molecule has 22 heavy (non-hydrogen) atoms. The molecule has 0 aliphatic carbocycles. The van der Waals surface area contributed by atoms with Crippen molar-refractivity contribution in [3.05, 3.63) is 18.7 Å². The molecular formula is C18H34N2O2. The molecule has 1 heterocycles. The molecule has 0 fully saturated rings. The predicted octanol–water partition coefficient (Wildman–Crippen LogP) is 3.08. The van der Waals surface area contributed by atoms with E-state index in [9.17, 15) is 9.90 Å². The van der Waals surface area contributed by atoms with Gasteiger partial charge in [0.15, 0.2) is 0 Å². The third-order valence-electron chi connectivity index (χ3n) is 3.57. The number of unbranched alkanes of at least 4 members (excludes halogenated alkanes) is 6. The number of rotatable bonds is 11. The molecule has 0 saturated heterocycles. The van der Waals surface area contributed by atoms with Gasteiger partial charge in [0, 0.05) is 5.97 Å². The lowest BCUT2D eigenvalue weighted by Gasteiger charge is -1.97. The van der Waals surface area contributed by atoms with Gasteiger partial charge in [-0.1, -0.05) is 46.5 Å². The van der Waals surface area contributed by atoms with Gasteiger partial charge in [0.05, 0.1) is 13.1 Å². The normalized spacial score (nSPS) is 10.1. The number of aryl methyl sites for hydroxylation is 2. The minimum Gasteiger partial charge on any atom is -0.550 e. The third kappa shape index (κ3) is 12.4. The van der Waals surface area contributed by atoms with Crippen LogP contribution < -0.4 is 9.67 Å². The quantitative estimate of drug-likeness (QED) is 0.466. The predicted molar refractivity (Wildman–Crippen MR) is 88.2 cm³/mol. The van der Waals surface area contributed by atoms with Crippen LogP contribution in [0.5, 0.6) is 0 Å². The van der Waals surface area contributed by atoms with Crippen LogP contribution in [-0.4, -0.2) is 10.5 Å². The van der Waals surface area contributed by atoms with Crippen LogP contribution in [0.1, 0.15) is 78.6 Å². The highest BCUT2D eigenvalue weighted by Crippen LogP contribution is 2.01. The molecule has 0 saturated carbocycles. The summed E-state index contributed by atoms with van der Waals surface area (Å²) in [5.41, 5.74) is 0. The number of hydrogen-bond donors (Lipinski definition) is 0. The van der Waals surface area contributed by atoms with Crippen LogP contribution in [0.25, 0.3) is 0 Å². The molecule has 128 valence electrons. The topological polar surface area (TPSA) is 48.9 Å². The van der Waals surface area contributed by atoms with Crippen molar-refractivity contribution in [1.82, 2.24) is 4.57 Å². The lowest BCUT2D eigenvalue weighted by atomic mass is 10.2. The zero-order valence-corrected chi connectivity index (χ0v) is 14.7. The highest BCUT2D eigenvalue weighted by Gasteiger charge is 2.02. The molecule has 0 amide bonds. The lowest BCUT2D eigenvalue weighted by molar-refractivity contribution is -0.696. The van der Waals surface area contributed by atoms with E-state index in [1.54, 1.807) is 0 Å². The van der Waals surface area contributed by atoms with Crippen molar-refractivity contribution in [2.45, 2.75) is 91.6 Å². The Bertz CT molecular complexity index is 348. The smallest absolute Gasteiger partial charge is 0.243 e. The Balaban J connectivity index is 0.000000763. The van der Waals surface area contributed by atoms with Crippen molar-refractivity contribution < 1.29 is 14.5 Å². The van der Waals surface area contributed by atoms with Gasteiger partial charge in [0.1, 0.15) is 12.4 Å². The second-order valence-corrected chi connectivity index (χ2v) is 5.74. The van der Waals surface area contributed by atoms with Gasteiger partial charge >= 0.3 is 0 Å². The minimum absolute atomic E-state index is 0.111. The third-order valence-corrected chi connectivity index (χ3v) is 3.57. The van der Waals surface area contributed by atoms with Crippen molar-refractivity contribution in [1.29, 1.82) is 0 Å². The number of hydrogen-bond acceptors (Lipinski definition) is 2. The van der Waals surface area contributed by atoms with Crippen molar-refractivity contribution in [2.75, 3.05) is 0 Å². The Labute approximate surface area is 136 Å². The zero-order valence-electron chi connectivity index (χ0n) is 14.7. The Morgan fingerprint density at radius 2 is 1.59 bits per heavy atom. The van der Waals surface area contributed by atoms with Gasteiger partial charge in [-0.15, -0.1) is 0 Å². The van der Waals surface area contributed by atoms with Gasteiger partial charge < -0.3 is 9.90 Å². The molecule has 0 spiro atoms. The summed E-state index contributed by atoms with van der Waals surface area (Å²) in [7, 11) is 0. The molecule has 0 atom stereocenters. The van der Waals surface area contributed by atoms with Crippen LogP contribution >= 0.6 is 0 Å². The summed E-state index contributed by atoms with van der Waals surface area (Å²) >= 11 is 0. The molecule has 0 N–H and O–H groups in total. The molecule has 0 radical (unpaired) electrons. The number of carbonyl (C=O) groups excluding carboxylic acids is 1. The number of aromatic nitrogens is 2. The van der Waals surface area contributed by atoms with E-state index in [4.69, 9.17) is 0 Å². The first-order valence-corrected chi connectivity index (χ1v) is 8.88. The maximum Gasteiger partial charge on any atom is 0.243 e. The molecule has 0 bridgehead atoms. The first-order chi connectivity index (χ1) is 10.6. The van der Waals surface area contributed by atoms with Gasteiger partial charge in [-0.05, 0) is 32.1 Å². The molecular weight excluding hydrogens is 276 g/mol. The molecule has 0 aromatic carbocycles. The SMILES string of the molecule is CCC(=O)[O-].CCCCCCn1cc[n+](CCCCCC)c1. The molecule has 0 aliphatic heterocycles. The summed E-state index contributed by atoms with van der Waals surface area (Å²) in [6.07, 6.45) is 17.6. The van der Waals surface area contributed by atoms with E-state index in [0.717, 1.165) is 0 Å². The molecule has 4 nitrogen and oxygen atoms in total. The molecule has 1 aromatic rings. The number of carbonyl (C=O) groups is 1. The standard InChI is InChI=1S/C15H29N2.C3H6O2/c1-3-5-7-9-11-16-13-14-17(15-16)12-10-8-6-4-2;1-2-3(4)5/h13-15H,3-12H2,1-2H3;2H2,1H3,(H,4,5)/q+1;/p-1. The maximum absolute atomic E-state index is 9.26. The Kier molecular flexibility index (Phi) is 13.7. The zero-order chi connectivity index (χ0) is 16.6. The van der Waals surface area contributed by atoms with Crippen LogP contribution in [0.3, 0.4) is 0 Å². The monoisotopic (exact) mass is 310 g/mol. The molecule has 1 rings (SSSR count). The van der Waals surface area contributed by atoms with Crippen molar-refractivity contribution in [3.63, 3.8) is 0 Å². The Hall–Kier alpha value is -1.32. The highest BCUT2D eigenvalue weighted by molar-refractivity contribution is 5.63. The first-order valence-electron chi connectivity index (χ1n) is 8.88. The first kappa shape index (κ1) is 20.7. The van der Waals surface area contributed by atoms with E-state index in [2.05, 4.69) is 41.7 Å². The fourth-order valence-electron chi connectivity index (χ4n) is 2.15. The van der Waals surface area contributed by atoms with Gasteiger partial charge in [0.25, 0.3) is 0 Å². The van der Waals surface area contributed by atoms with Gasteiger partial charge in [-0.3, -0.25) is 0 Å². The van der Waals surface area contributed by atoms with Gasteiger partial charge in [-0.2, -0.15) is 0 Å². The van der Waals surface area contributed by atoms with Crippen LogP contribution in [0, 0.1) is 0 Å². The Morgan fingerprint density at radius 1 is 1.00 bits per heavy atom. The van der Waals surface area contributed by atoms with E-state index >= 15 is 0 Å². The average Bonchev–Trinajstić information content (AvgIpc) is 2.96. The molecule has 0 aliphatic rings. The van der Waals surface area contributed by atoms with E-state index in [1.807, 2.05) is 0 Å². The van der Waals surface area contributed by atoms with Crippen LogP contribution in [0.15, 0.2) is 18.7 Å². The molecule has 4 heteroatoms. The number of aliphatic carboxylic acids is 1. The summed E-state index contributed by atoms with van der Waals surface area (Å²) in [5, 5.41) is 9.26. The number of nitrogens with zero attached hydrogens (tertiary/aromatic N) is 2. The van der Waals surface area contributed by atoms with Crippen molar-refractivity contribution >= 4 is 5.97 Å². The van der Waals surface area contributed by atoms with E-state index in [-0.39, 0.29) is 6.42 Å². The van der Waals surface area contributed by atoms with Crippen molar-refractivity contribution in [2.24, 2.45) is 0 Å². The van der Waals surface area contributed by atoms with E-state index in [1.165, 1.54) is 71.4 Å². The fraction of sp³-hybridized carbons (Fsp3) is 0.778.